The van der Waals surface area contributed by atoms with E-state index in [-0.39, 0.29) is 29.7 Å². The highest BCUT2D eigenvalue weighted by Crippen LogP contribution is 2.16. The standard InChI is InChI=1S/C31H29ClN4O3/c1-22-10-12-24(13-11-22)16-19-27(37)34-28-29(32)36(31(39)35(2)30(28)38)20-6-9-23-14-17-26(18-15-23)33-21-25-7-4-3-5-8-25/h3-5,7-8,10-15,17-18,33H,16,19-21H2,1-2H3,(H,34,37). The number of hydrogen-bond acceptors (Lipinski definition) is 4. The number of hydrogen-bond donors (Lipinski definition) is 2. The van der Waals surface area contributed by atoms with Gasteiger partial charge in [0.25, 0.3) is 5.56 Å². The Labute approximate surface area is 232 Å². The summed E-state index contributed by atoms with van der Waals surface area (Å²) in [5.74, 6) is 5.58. The quantitative estimate of drug-likeness (QED) is 0.250. The van der Waals surface area contributed by atoms with E-state index < -0.39 is 11.2 Å². The highest BCUT2D eigenvalue weighted by molar-refractivity contribution is 6.32. The number of rotatable bonds is 8. The predicted octanol–water partition coefficient (Wildman–Crippen LogP) is 4.74. The number of benzene rings is 3. The van der Waals surface area contributed by atoms with Gasteiger partial charge in [0.05, 0.1) is 6.54 Å². The number of nitrogens with one attached hydrogen (secondary N) is 2. The van der Waals surface area contributed by atoms with Gasteiger partial charge in [0.1, 0.15) is 10.8 Å². The zero-order valence-electron chi connectivity index (χ0n) is 21.8. The average Bonchev–Trinajstić information content (AvgIpc) is 2.96. The molecular weight excluding hydrogens is 512 g/mol. The molecule has 0 saturated heterocycles. The number of aryl methyl sites for hydroxylation is 2. The van der Waals surface area contributed by atoms with Gasteiger partial charge in [0.15, 0.2) is 0 Å². The maximum absolute atomic E-state index is 12.7. The molecule has 0 saturated carbocycles. The van der Waals surface area contributed by atoms with Gasteiger partial charge in [-0.3, -0.25) is 18.7 Å². The molecule has 0 bridgehead atoms. The summed E-state index contributed by atoms with van der Waals surface area (Å²) in [6, 6.07) is 25.6. The largest absolute Gasteiger partial charge is 0.381 e. The normalized spacial score (nSPS) is 10.4. The smallest absolute Gasteiger partial charge is 0.332 e. The van der Waals surface area contributed by atoms with Crippen molar-refractivity contribution in [2.45, 2.75) is 32.9 Å². The van der Waals surface area contributed by atoms with Crippen LogP contribution in [-0.2, 0) is 31.4 Å². The molecule has 0 spiro atoms. The Morgan fingerprint density at radius 2 is 1.62 bits per heavy atom. The van der Waals surface area contributed by atoms with Gasteiger partial charge in [-0.15, -0.1) is 0 Å². The molecule has 3 aromatic carbocycles. The van der Waals surface area contributed by atoms with Gasteiger partial charge in [-0.2, -0.15) is 0 Å². The van der Waals surface area contributed by atoms with Crippen LogP contribution in [0.4, 0.5) is 11.4 Å². The fourth-order valence-electron chi connectivity index (χ4n) is 3.89. The van der Waals surface area contributed by atoms with E-state index in [1.54, 1.807) is 0 Å². The second-order valence-electron chi connectivity index (χ2n) is 9.15. The second-order valence-corrected chi connectivity index (χ2v) is 9.51. The van der Waals surface area contributed by atoms with E-state index >= 15 is 0 Å². The summed E-state index contributed by atoms with van der Waals surface area (Å²) in [4.78, 5) is 38.0. The molecule has 1 heterocycles. The molecule has 4 rings (SSSR count). The molecule has 0 radical (unpaired) electrons. The van der Waals surface area contributed by atoms with Crippen LogP contribution in [-0.4, -0.2) is 15.0 Å². The number of carbonyl (C=O) groups excluding carboxylic acids is 1. The van der Waals surface area contributed by atoms with Crippen molar-refractivity contribution < 1.29 is 4.79 Å². The lowest BCUT2D eigenvalue weighted by Gasteiger charge is -2.13. The monoisotopic (exact) mass is 540 g/mol. The zero-order chi connectivity index (χ0) is 27.8. The van der Waals surface area contributed by atoms with Crippen molar-refractivity contribution >= 4 is 28.9 Å². The molecule has 0 unspecified atom stereocenters. The molecule has 7 nitrogen and oxygen atoms in total. The first-order chi connectivity index (χ1) is 18.8. The van der Waals surface area contributed by atoms with Crippen LogP contribution in [0, 0.1) is 18.8 Å². The molecule has 4 aromatic rings. The molecular formula is C31H29ClN4O3. The maximum atomic E-state index is 12.7. The van der Waals surface area contributed by atoms with Crippen molar-refractivity contribution in [1.82, 2.24) is 9.13 Å². The summed E-state index contributed by atoms with van der Waals surface area (Å²) in [7, 11) is 1.34. The van der Waals surface area contributed by atoms with E-state index in [0.29, 0.717) is 13.0 Å². The third-order valence-electron chi connectivity index (χ3n) is 6.20. The van der Waals surface area contributed by atoms with Crippen LogP contribution in [0.2, 0.25) is 5.15 Å². The van der Waals surface area contributed by atoms with Gasteiger partial charge in [-0.05, 0) is 48.7 Å². The maximum Gasteiger partial charge on any atom is 0.332 e. The number of nitrogens with zero attached hydrogens (tertiary/aromatic N) is 2. The molecule has 198 valence electrons. The molecule has 0 aliphatic carbocycles. The van der Waals surface area contributed by atoms with Gasteiger partial charge in [0.2, 0.25) is 5.91 Å². The average molecular weight is 541 g/mol. The van der Waals surface area contributed by atoms with E-state index in [1.165, 1.54) is 17.2 Å². The first kappa shape index (κ1) is 27.5. The van der Waals surface area contributed by atoms with Crippen LogP contribution in [0.15, 0.2) is 88.5 Å². The molecule has 0 fully saturated rings. The summed E-state index contributed by atoms with van der Waals surface area (Å²) in [6.45, 7) is 2.66. The first-order valence-electron chi connectivity index (χ1n) is 12.5. The van der Waals surface area contributed by atoms with E-state index in [2.05, 4.69) is 34.6 Å². The summed E-state index contributed by atoms with van der Waals surface area (Å²) >= 11 is 6.42. The number of halogens is 1. The van der Waals surface area contributed by atoms with Crippen molar-refractivity contribution in [3.63, 3.8) is 0 Å². The third-order valence-corrected chi connectivity index (χ3v) is 6.59. The lowest BCUT2D eigenvalue weighted by molar-refractivity contribution is -0.116. The Hall–Kier alpha value is -4.54. The summed E-state index contributed by atoms with van der Waals surface area (Å²) in [6.07, 6.45) is 0.674. The van der Waals surface area contributed by atoms with Gasteiger partial charge >= 0.3 is 5.69 Å². The Morgan fingerprint density at radius 3 is 2.31 bits per heavy atom. The van der Waals surface area contributed by atoms with Gasteiger partial charge in [-0.25, -0.2) is 4.79 Å². The molecule has 2 N–H and O–H groups in total. The Morgan fingerprint density at radius 1 is 0.923 bits per heavy atom. The van der Waals surface area contributed by atoms with E-state index in [1.807, 2.05) is 73.7 Å². The van der Waals surface area contributed by atoms with Crippen molar-refractivity contribution in [1.29, 1.82) is 0 Å². The molecule has 0 atom stereocenters. The van der Waals surface area contributed by atoms with Gasteiger partial charge in [0, 0.05) is 31.3 Å². The van der Waals surface area contributed by atoms with Crippen molar-refractivity contribution in [3.8, 4) is 11.8 Å². The number of aromatic nitrogens is 2. The summed E-state index contributed by atoms with van der Waals surface area (Å²) < 4.78 is 2.08. The molecule has 8 heteroatoms. The molecule has 1 amide bonds. The summed E-state index contributed by atoms with van der Waals surface area (Å²) in [5.41, 5.74) is 3.63. The van der Waals surface area contributed by atoms with Crippen LogP contribution in [0.5, 0.6) is 0 Å². The lowest BCUT2D eigenvalue weighted by Crippen LogP contribution is -2.40. The fourth-order valence-corrected chi connectivity index (χ4v) is 4.15. The van der Waals surface area contributed by atoms with Crippen molar-refractivity contribution in [3.05, 3.63) is 127 Å². The lowest BCUT2D eigenvalue weighted by atomic mass is 10.1. The van der Waals surface area contributed by atoms with Crippen LogP contribution in [0.25, 0.3) is 0 Å². The van der Waals surface area contributed by atoms with Crippen LogP contribution >= 0.6 is 11.6 Å². The third kappa shape index (κ3) is 7.28. The number of carbonyl (C=O) groups is 1. The Kier molecular flexibility index (Phi) is 9.03. The number of amides is 1. The van der Waals surface area contributed by atoms with E-state index in [4.69, 9.17) is 11.6 Å². The molecule has 1 aromatic heterocycles. The topological polar surface area (TPSA) is 85.1 Å². The van der Waals surface area contributed by atoms with Gasteiger partial charge in [-0.1, -0.05) is 83.6 Å². The second kappa shape index (κ2) is 12.8. The Balaban J connectivity index is 1.42. The summed E-state index contributed by atoms with van der Waals surface area (Å²) in [5, 5.41) is 5.80. The zero-order valence-corrected chi connectivity index (χ0v) is 22.6. The first-order valence-corrected chi connectivity index (χ1v) is 12.9. The van der Waals surface area contributed by atoms with Crippen molar-refractivity contribution in [2.75, 3.05) is 10.6 Å². The minimum absolute atomic E-state index is 0.0496. The minimum atomic E-state index is -0.670. The van der Waals surface area contributed by atoms with Gasteiger partial charge < -0.3 is 10.6 Å². The molecule has 39 heavy (non-hydrogen) atoms. The highest BCUT2D eigenvalue weighted by Gasteiger charge is 2.17. The fraction of sp³-hybridized carbons (Fsp3) is 0.194. The molecule has 0 aliphatic heterocycles. The van der Waals surface area contributed by atoms with E-state index in [0.717, 1.165) is 26.9 Å². The predicted molar refractivity (Wildman–Crippen MR) is 156 cm³/mol. The van der Waals surface area contributed by atoms with Crippen LogP contribution in [0.3, 0.4) is 0 Å². The number of anilines is 2. The Bertz CT molecular complexity index is 1630. The highest BCUT2D eigenvalue weighted by atomic mass is 35.5. The van der Waals surface area contributed by atoms with Crippen LogP contribution < -0.4 is 21.9 Å². The minimum Gasteiger partial charge on any atom is -0.381 e. The SMILES string of the molecule is Cc1ccc(CCC(=O)Nc2c(Cl)n(CC#Cc3ccc(NCc4ccccc4)cc3)c(=O)n(C)c2=O)cc1. The van der Waals surface area contributed by atoms with Crippen molar-refractivity contribution in [2.24, 2.45) is 7.05 Å². The molecule has 0 aliphatic rings. The van der Waals surface area contributed by atoms with E-state index in [9.17, 15) is 14.4 Å². The van der Waals surface area contributed by atoms with Crippen LogP contribution in [0.1, 0.15) is 28.7 Å².